The third kappa shape index (κ3) is 6.03. The van der Waals surface area contributed by atoms with Crippen LogP contribution in [0.5, 0.6) is 5.75 Å². The molecular formula is C25H29ClN10O6. The molecule has 0 radical (unpaired) electrons. The number of carboxylic acids is 1. The van der Waals surface area contributed by atoms with Crippen molar-refractivity contribution in [3.05, 3.63) is 51.9 Å². The number of azide groups is 1. The number of amides is 1. The highest BCUT2D eigenvalue weighted by Crippen LogP contribution is 2.34. The lowest BCUT2D eigenvalue weighted by atomic mass is 10.1. The molecule has 2 aliphatic heterocycles. The van der Waals surface area contributed by atoms with E-state index in [0.29, 0.717) is 46.8 Å². The molecule has 2 saturated heterocycles. The summed E-state index contributed by atoms with van der Waals surface area (Å²) in [6.45, 7) is 1.44. The van der Waals surface area contributed by atoms with E-state index < -0.39 is 30.4 Å². The Morgan fingerprint density at radius 1 is 1.29 bits per heavy atom. The van der Waals surface area contributed by atoms with Gasteiger partial charge in [-0.1, -0.05) is 16.7 Å². The van der Waals surface area contributed by atoms with Gasteiger partial charge in [-0.05, 0) is 43.6 Å². The second kappa shape index (κ2) is 12.8. The number of aliphatic carboxylic acids is 1. The zero-order valence-corrected chi connectivity index (χ0v) is 23.3. The van der Waals surface area contributed by atoms with Crippen LogP contribution in [0.3, 0.4) is 0 Å². The minimum atomic E-state index is -1.55. The zero-order chi connectivity index (χ0) is 29.8. The minimum absolute atomic E-state index is 0.0920. The van der Waals surface area contributed by atoms with Crippen molar-refractivity contribution in [3.8, 4) is 5.75 Å². The van der Waals surface area contributed by atoms with E-state index in [0.717, 1.165) is 12.8 Å². The number of rotatable bonds is 10. The Hall–Kier alpha value is -4.21. The number of carboxylic acid groups (broad SMARTS) is 1. The van der Waals surface area contributed by atoms with E-state index in [1.54, 1.807) is 23.1 Å². The van der Waals surface area contributed by atoms with E-state index >= 15 is 0 Å². The first kappa shape index (κ1) is 29.3. The van der Waals surface area contributed by atoms with Crippen LogP contribution in [-0.4, -0.2) is 97.5 Å². The summed E-state index contributed by atoms with van der Waals surface area (Å²) in [5.41, 5.74) is 10.0. The van der Waals surface area contributed by atoms with E-state index in [4.69, 9.17) is 26.6 Å². The molecule has 3 aromatic rings. The number of fused-ring (bicyclic) bond motifs is 1. The van der Waals surface area contributed by atoms with Gasteiger partial charge in [-0.3, -0.25) is 9.36 Å². The maximum absolute atomic E-state index is 12.7. The number of halogens is 1. The fourth-order valence-electron chi connectivity index (χ4n) is 5.10. The van der Waals surface area contributed by atoms with Gasteiger partial charge in [0.05, 0.1) is 6.33 Å². The molecule has 16 nitrogen and oxygen atoms in total. The van der Waals surface area contributed by atoms with Gasteiger partial charge in [-0.2, -0.15) is 0 Å². The minimum Gasteiger partial charge on any atom is -0.483 e. The fraction of sp³-hybridized carbons (Fsp3) is 0.480. The standard InChI is InChI=1S/C25H29ClN10O6/c1-28-15-4-6-35(7-5-15)17(37)10-41-16-3-2-14(26)8-13(16)9-29-22-19-23(31-11-30-22)36(12-32-19)24-20(38)18(33-34-27)21(42-24)25(39)40/h2-3,8,11-12,15,18,20-21,24,28,38H,4-7,9-10H2,1H3,(H,39,40)(H,29,30,31). The van der Waals surface area contributed by atoms with Crippen LogP contribution in [0.15, 0.2) is 36.0 Å². The number of ether oxygens (including phenoxy) is 2. The Labute approximate surface area is 244 Å². The highest BCUT2D eigenvalue weighted by molar-refractivity contribution is 6.30. The molecule has 17 heteroatoms. The number of carbonyl (C=O) groups excluding carboxylic acids is 1. The van der Waals surface area contributed by atoms with Gasteiger partial charge in [0.25, 0.3) is 5.91 Å². The second-order valence-corrected chi connectivity index (χ2v) is 10.3. The molecule has 0 saturated carbocycles. The SMILES string of the molecule is CNC1CCN(C(=O)COc2ccc(Cl)cc2CNc2ncnc3c2ncn3C2OC(C(=O)O)C(N=[N+]=[N-])C2O)CC1. The number of imidazole rings is 1. The van der Waals surface area contributed by atoms with Crippen LogP contribution in [0.4, 0.5) is 5.82 Å². The molecule has 1 aromatic carbocycles. The molecule has 0 spiro atoms. The number of piperidine rings is 1. The van der Waals surface area contributed by atoms with Crippen molar-refractivity contribution in [2.75, 3.05) is 32.1 Å². The Bertz CT molecular complexity index is 1510. The van der Waals surface area contributed by atoms with Crippen LogP contribution in [-0.2, 0) is 20.9 Å². The van der Waals surface area contributed by atoms with E-state index in [1.807, 2.05) is 7.05 Å². The van der Waals surface area contributed by atoms with Gasteiger partial charge in [-0.15, -0.1) is 0 Å². The number of aliphatic hydroxyl groups excluding tert-OH is 1. The van der Waals surface area contributed by atoms with Crippen molar-refractivity contribution in [1.29, 1.82) is 0 Å². The maximum Gasteiger partial charge on any atom is 0.333 e. The highest BCUT2D eigenvalue weighted by Gasteiger charge is 2.48. The lowest BCUT2D eigenvalue weighted by molar-refractivity contribution is -0.152. The molecule has 4 heterocycles. The van der Waals surface area contributed by atoms with Gasteiger partial charge in [0.2, 0.25) is 0 Å². The van der Waals surface area contributed by atoms with Gasteiger partial charge in [0.1, 0.15) is 24.2 Å². The number of nitrogens with one attached hydrogen (secondary N) is 2. The fourth-order valence-corrected chi connectivity index (χ4v) is 5.30. The molecule has 0 bridgehead atoms. The number of hydrogen-bond acceptors (Lipinski definition) is 11. The van der Waals surface area contributed by atoms with Gasteiger partial charge < -0.3 is 35.2 Å². The molecule has 2 fully saturated rings. The summed E-state index contributed by atoms with van der Waals surface area (Å²) < 4.78 is 12.8. The van der Waals surface area contributed by atoms with Gasteiger partial charge in [0, 0.05) is 41.2 Å². The number of benzene rings is 1. The first-order valence-electron chi connectivity index (χ1n) is 13.2. The number of aliphatic hydroxyl groups is 1. The molecule has 2 aliphatic rings. The summed E-state index contributed by atoms with van der Waals surface area (Å²) in [7, 11) is 1.92. The number of nitrogens with zero attached hydrogens (tertiary/aromatic N) is 8. The molecule has 5 rings (SSSR count). The highest BCUT2D eigenvalue weighted by atomic mass is 35.5. The molecule has 222 valence electrons. The van der Waals surface area contributed by atoms with Crippen molar-refractivity contribution in [1.82, 2.24) is 29.7 Å². The summed E-state index contributed by atoms with van der Waals surface area (Å²) >= 11 is 6.25. The number of anilines is 1. The zero-order valence-electron chi connectivity index (χ0n) is 22.5. The summed E-state index contributed by atoms with van der Waals surface area (Å²) in [5.74, 6) is -0.657. The molecule has 0 aliphatic carbocycles. The molecule has 2 aromatic heterocycles. The summed E-state index contributed by atoms with van der Waals surface area (Å²) in [5, 5.41) is 30.4. The number of hydrogen-bond donors (Lipinski definition) is 4. The second-order valence-electron chi connectivity index (χ2n) is 9.86. The van der Waals surface area contributed by atoms with Gasteiger partial charge in [-0.25, -0.2) is 19.7 Å². The van der Waals surface area contributed by atoms with Crippen LogP contribution in [0, 0.1) is 0 Å². The average molecular weight is 601 g/mol. The Balaban J connectivity index is 1.29. The monoisotopic (exact) mass is 600 g/mol. The summed E-state index contributed by atoms with van der Waals surface area (Å²) in [4.78, 5) is 41.6. The van der Waals surface area contributed by atoms with Gasteiger partial charge >= 0.3 is 5.97 Å². The van der Waals surface area contributed by atoms with E-state index in [-0.39, 0.29) is 24.7 Å². The third-order valence-corrected chi connectivity index (χ3v) is 7.61. The number of likely N-dealkylation sites (tertiary alicyclic amines) is 1. The normalized spacial score (nSPS) is 22.6. The first-order chi connectivity index (χ1) is 20.3. The Morgan fingerprint density at radius 3 is 2.79 bits per heavy atom. The smallest absolute Gasteiger partial charge is 0.333 e. The van der Waals surface area contributed by atoms with Crippen LogP contribution >= 0.6 is 11.6 Å². The topological polar surface area (TPSA) is 213 Å². The lowest BCUT2D eigenvalue weighted by Crippen LogP contribution is -2.45. The van der Waals surface area contributed by atoms with Crippen molar-refractivity contribution in [2.45, 2.75) is 49.9 Å². The van der Waals surface area contributed by atoms with Crippen molar-refractivity contribution in [3.63, 3.8) is 0 Å². The predicted molar refractivity (Wildman–Crippen MR) is 149 cm³/mol. The molecule has 1 amide bonds. The van der Waals surface area contributed by atoms with E-state index in [1.165, 1.54) is 17.2 Å². The van der Waals surface area contributed by atoms with Crippen molar-refractivity contribution < 1.29 is 29.3 Å². The Kier molecular flexibility index (Phi) is 8.89. The summed E-state index contributed by atoms with van der Waals surface area (Å²) in [6.07, 6.45) is 0.150. The van der Waals surface area contributed by atoms with Crippen LogP contribution in [0.25, 0.3) is 21.6 Å². The number of carbonyl (C=O) groups is 2. The lowest BCUT2D eigenvalue weighted by Gasteiger charge is -2.31. The largest absolute Gasteiger partial charge is 0.483 e. The van der Waals surface area contributed by atoms with Crippen LogP contribution in [0.1, 0.15) is 24.6 Å². The predicted octanol–water partition coefficient (Wildman–Crippen LogP) is 1.70. The molecule has 42 heavy (non-hydrogen) atoms. The quantitative estimate of drug-likeness (QED) is 0.149. The maximum atomic E-state index is 12.7. The first-order valence-corrected chi connectivity index (χ1v) is 13.6. The Morgan fingerprint density at radius 2 is 2.07 bits per heavy atom. The van der Waals surface area contributed by atoms with Gasteiger partial charge in [0.15, 0.2) is 35.9 Å². The average Bonchev–Trinajstić information content (AvgIpc) is 3.57. The van der Waals surface area contributed by atoms with Crippen molar-refractivity contribution in [2.24, 2.45) is 5.11 Å². The van der Waals surface area contributed by atoms with E-state index in [9.17, 15) is 19.8 Å². The van der Waals surface area contributed by atoms with Crippen molar-refractivity contribution >= 4 is 40.5 Å². The third-order valence-electron chi connectivity index (χ3n) is 7.38. The summed E-state index contributed by atoms with van der Waals surface area (Å²) in [6, 6.07) is 4.16. The molecule has 4 atom stereocenters. The molecule has 4 unspecified atom stereocenters. The van der Waals surface area contributed by atoms with E-state index in [2.05, 4.69) is 35.6 Å². The van der Waals surface area contributed by atoms with Crippen LogP contribution in [0.2, 0.25) is 5.02 Å². The molecular weight excluding hydrogens is 572 g/mol. The molecule has 4 N–H and O–H groups in total. The number of aromatic nitrogens is 4. The van der Waals surface area contributed by atoms with Crippen LogP contribution < -0.4 is 15.4 Å².